The van der Waals surface area contributed by atoms with Crippen molar-refractivity contribution in [1.82, 2.24) is 4.90 Å². The van der Waals surface area contributed by atoms with Gasteiger partial charge in [-0.3, -0.25) is 4.90 Å². The van der Waals surface area contributed by atoms with Crippen molar-refractivity contribution in [2.75, 3.05) is 20.2 Å². The van der Waals surface area contributed by atoms with Crippen molar-refractivity contribution >= 4 is 21.9 Å². The molecule has 0 atom stereocenters. The number of halogens is 1. The van der Waals surface area contributed by atoms with Gasteiger partial charge in [0.05, 0.1) is 11.7 Å². The van der Waals surface area contributed by atoms with Gasteiger partial charge < -0.3 is 9.84 Å². The predicted molar refractivity (Wildman–Crippen MR) is 76.4 cm³/mol. The summed E-state index contributed by atoms with van der Waals surface area (Å²) < 4.78 is 6.22. The molecule has 2 rings (SSSR count). The zero-order valence-electron chi connectivity index (χ0n) is 10.9. The van der Waals surface area contributed by atoms with E-state index in [1.807, 2.05) is 6.07 Å². The molecule has 0 aromatic heterocycles. The van der Waals surface area contributed by atoms with Crippen molar-refractivity contribution < 1.29 is 14.6 Å². The molecule has 1 aromatic carbocycles. The average Bonchev–Trinajstić information content (AvgIpc) is 2.41. The molecule has 19 heavy (non-hydrogen) atoms. The fourth-order valence-electron chi connectivity index (χ4n) is 2.35. The second kappa shape index (κ2) is 6.50. The molecular formula is C14H18BrNO3. The summed E-state index contributed by atoms with van der Waals surface area (Å²) >= 11 is 3.45. The molecular weight excluding hydrogens is 310 g/mol. The normalized spacial score (nSPS) is 17.6. The van der Waals surface area contributed by atoms with E-state index in [0.717, 1.165) is 42.5 Å². The van der Waals surface area contributed by atoms with Crippen molar-refractivity contribution in [2.24, 2.45) is 0 Å². The van der Waals surface area contributed by atoms with Crippen LogP contribution in [0.5, 0.6) is 0 Å². The Bertz CT molecular complexity index is 456. The first-order valence-corrected chi connectivity index (χ1v) is 7.16. The fraction of sp³-hybridized carbons (Fsp3) is 0.500. The van der Waals surface area contributed by atoms with E-state index in [2.05, 4.69) is 20.8 Å². The van der Waals surface area contributed by atoms with Gasteiger partial charge in [0.1, 0.15) is 0 Å². The maximum absolute atomic E-state index is 10.9. The Labute approximate surface area is 121 Å². The minimum atomic E-state index is -0.895. The lowest BCUT2D eigenvalue weighted by molar-refractivity contribution is 0.0388. The molecule has 1 aliphatic rings. The van der Waals surface area contributed by atoms with Crippen LogP contribution in [0, 0.1) is 0 Å². The highest BCUT2D eigenvalue weighted by Gasteiger charge is 2.19. The van der Waals surface area contributed by atoms with Crippen molar-refractivity contribution in [3.05, 3.63) is 33.8 Å². The number of ether oxygens (including phenoxy) is 1. The number of likely N-dealkylation sites (tertiary alicyclic amines) is 1. The number of hydrogen-bond acceptors (Lipinski definition) is 3. The summed E-state index contributed by atoms with van der Waals surface area (Å²) in [6.45, 7) is 2.88. The summed E-state index contributed by atoms with van der Waals surface area (Å²) in [5.41, 5.74) is 1.44. The first-order chi connectivity index (χ1) is 9.10. The minimum Gasteiger partial charge on any atom is -0.478 e. The molecule has 1 heterocycles. The third-order valence-electron chi connectivity index (χ3n) is 3.56. The zero-order chi connectivity index (χ0) is 13.8. The van der Waals surface area contributed by atoms with E-state index < -0.39 is 5.97 Å². The molecule has 5 heteroatoms. The number of rotatable bonds is 4. The molecule has 0 unspecified atom stereocenters. The summed E-state index contributed by atoms with van der Waals surface area (Å²) in [4.78, 5) is 13.2. The SMILES string of the molecule is COC1CCN(Cc2ccc(C(=O)O)cc2Br)CC1. The van der Waals surface area contributed by atoms with Crippen LogP contribution < -0.4 is 0 Å². The molecule has 0 bridgehead atoms. The first kappa shape index (κ1) is 14.5. The van der Waals surface area contributed by atoms with E-state index in [1.54, 1.807) is 19.2 Å². The van der Waals surface area contributed by atoms with Gasteiger partial charge in [0.25, 0.3) is 0 Å². The third-order valence-corrected chi connectivity index (χ3v) is 4.30. The Balaban J connectivity index is 1.98. The van der Waals surface area contributed by atoms with Crippen LogP contribution in [-0.2, 0) is 11.3 Å². The van der Waals surface area contributed by atoms with Crippen LogP contribution in [0.1, 0.15) is 28.8 Å². The van der Waals surface area contributed by atoms with Gasteiger partial charge in [-0.15, -0.1) is 0 Å². The number of methoxy groups -OCH3 is 1. The third kappa shape index (κ3) is 3.78. The van der Waals surface area contributed by atoms with Crippen LogP contribution in [0.15, 0.2) is 22.7 Å². The predicted octanol–water partition coefficient (Wildman–Crippen LogP) is 2.76. The molecule has 0 aliphatic carbocycles. The monoisotopic (exact) mass is 327 g/mol. The Morgan fingerprint density at radius 2 is 2.16 bits per heavy atom. The van der Waals surface area contributed by atoms with E-state index in [9.17, 15) is 4.79 Å². The number of aromatic carboxylic acids is 1. The fourth-order valence-corrected chi connectivity index (χ4v) is 2.86. The number of piperidine rings is 1. The largest absolute Gasteiger partial charge is 0.478 e. The molecule has 1 saturated heterocycles. The molecule has 1 N–H and O–H groups in total. The van der Waals surface area contributed by atoms with Gasteiger partial charge in [-0.1, -0.05) is 22.0 Å². The number of nitrogens with zero attached hydrogens (tertiary/aromatic N) is 1. The molecule has 0 saturated carbocycles. The summed E-state index contributed by atoms with van der Waals surface area (Å²) in [5.74, 6) is -0.895. The summed E-state index contributed by atoms with van der Waals surface area (Å²) in [5, 5.41) is 8.93. The molecule has 1 aliphatic heterocycles. The van der Waals surface area contributed by atoms with Crippen LogP contribution in [-0.4, -0.2) is 42.3 Å². The van der Waals surface area contributed by atoms with Crippen LogP contribution in [0.2, 0.25) is 0 Å². The lowest BCUT2D eigenvalue weighted by Crippen LogP contribution is -2.36. The van der Waals surface area contributed by atoms with Gasteiger partial charge >= 0.3 is 5.97 Å². The average molecular weight is 328 g/mol. The van der Waals surface area contributed by atoms with Gasteiger partial charge in [-0.2, -0.15) is 0 Å². The molecule has 104 valence electrons. The van der Waals surface area contributed by atoms with Gasteiger partial charge in [0, 0.05) is 31.2 Å². The molecule has 1 aromatic rings. The first-order valence-electron chi connectivity index (χ1n) is 6.37. The van der Waals surface area contributed by atoms with Crippen LogP contribution >= 0.6 is 15.9 Å². The number of hydrogen-bond donors (Lipinski definition) is 1. The Morgan fingerprint density at radius 1 is 1.47 bits per heavy atom. The van der Waals surface area contributed by atoms with Crippen LogP contribution in [0.4, 0.5) is 0 Å². The van der Waals surface area contributed by atoms with Crippen molar-refractivity contribution in [3.8, 4) is 0 Å². The maximum Gasteiger partial charge on any atom is 0.335 e. The highest BCUT2D eigenvalue weighted by Crippen LogP contribution is 2.22. The highest BCUT2D eigenvalue weighted by molar-refractivity contribution is 9.10. The number of carboxylic acids is 1. The van der Waals surface area contributed by atoms with E-state index in [4.69, 9.17) is 9.84 Å². The number of carboxylic acid groups (broad SMARTS) is 1. The van der Waals surface area contributed by atoms with Gasteiger partial charge in [-0.25, -0.2) is 4.79 Å². The van der Waals surface area contributed by atoms with Crippen molar-refractivity contribution in [1.29, 1.82) is 0 Å². The van der Waals surface area contributed by atoms with Gasteiger partial charge in [0.2, 0.25) is 0 Å². The van der Waals surface area contributed by atoms with E-state index in [-0.39, 0.29) is 0 Å². The highest BCUT2D eigenvalue weighted by atomic mass is 79.9. The van der Waals surface area contributed by atoms with Crippen molar-refractivity contribution in [2.45, 2.75) is 25.5 Å². The summed E-state index contributed by atoms with van der Waals surface area (Å²) in [6.07, 6.45) is 2.50. The van der Waals surface area contributed by atoms with Crippen molar-refractivity contribution in [3.63, 3.8) is 0 Å². The quantitative estimate of drug-likeness (QED) is 0.923. The number of carbonyl (C=O) groups is 1. The lowest BCUT2D eigenvalue weighted by atomic mass is 10.1. The second-order valence-corrected chi connectivity index (χ2v) is 5.68. The Hall–Kier alpha value is -0.910. The van der Waals surface area contributed by atoms with E-state index >= 15 is 0 Å². The summed E-state index contributed by atoms with van der Waals surface area (Å²) in [7, 11) is 1.77. The Kier molecular flexibility index (Phi) is 4.96. The second-order valence-electron chi connectivity index (χ2n) is 4.82. The summed E-state index contributed by atoms with van der Waals surface area (Å²) in [6, 6.07) is 5.21. The van der Waals surface area contributed by atoms with Crippen LogP contribution in [0.25, 0.3) is 0 Å². The van der Waals surface area contributed by atoms with Gasteiger partial charge in [0.15, 0.2) is 0 Å². The standard InChI is InChI=1S/C14H18BrNO3/c1-19-12-4-6-16(7-5-12)9-11-3-2-10(14(17)18)8-13(11)15/h2-3,8,12H,4-7,9H2,1H3,(H,17,18). The number of benzene rings is 1. The zero-order valence-corrected chi connectivity index (χ0v) is 12.5. The maximum atomic E-state index is 10.9. The topological polar surface area (TPSA) is 49.8 Å². The molecule has 1 fully saturated rings. The molecule has 4 nitrogen and oxygen atoms in total. The van der Waals surface area contributed by atoms with E-state index in [0.29, 0.717) is 11.7 Å². The lowest BCUT2D eigenvalue weighted by Gasteiger charge is -2.31. The molecule has 0 amide bonds. The Morgan fingerprint density at radius 3 is 2.68 bits per heavy atom. The minimum absolute atomic E-state index is 0.314. The van der Waals surface area contributed by atoms with Crippen LogP contribution in [0.3, 0.4) is 0 Å². The molecule has 0 radical (unpaired) electrons. The van der Waals surface area contributed by atoms with Gasteiger partial charge in [-0.05, 0) is 30.5 Å². The smallest absolute Gasteiger partial charge is 0.335 e. The molecule has 0 spiro atoms. The van der Waals surface area contributed by atoms with E-state index in [1.165, 1.54) is 0 Å².